The summed E-state index contributed by atoms with van der Waals surface area (Å²) in [6.07, 6.45) is 1.14. The van der Waals surface area contributed by atoms with Gasteiger partial charge in [-0.05, 0) is 6.07 Å². The van der Waals surface area contributed by atoms with Gasteiger partial charge in [-0.2, -0.15) is 0 Å². The van der Waals surface area contributed by atoms with Crippen molar-refractivity contribution in [3.8, 4) is 11.5 Å². The molecule has 0 unspecified atom stereocenters. The van der Waals surface area contributed by atoms with Crippen LogP contribution in [0.3, 0.4) is 0 Å². The molecule has 0 heterocycles. The predicted molar refractivity (Wildman–Crippen MR) is 73.3 cm³/mol. The lowest BCUT2D eigenvalue weighted by molar-refractivity contribution is 0.388. The summed E-state index contributed by atoms with van der Waals surface area (Å²) in [5, 5.41) is 3.08. The van der Waals surface area contributed by atoms with E-state index in [-0.39, 0.29) is 4.90 Å². The molecule has 0 atom stereocenters. The number of benzene rings is 1. The number of rotatable bonds is 6. The van der Waals surface area contributed by atoms with E-state index in [0.29, 0.717) is 23.5 Å². The minimum atomic E-state index is -3.35. The molecular formula is C11H16BrNO4S. The predicted octanol–water partition coefficient (Wildman–Crippen LogP) is 1.55. The number of methoxy groups -OCH3 is 2. The van der Waals surface area contributed by atoms with Gasteiger partial charge in [-0.15, -0.1) is 0 Å². The molecule has 1 N–H and O–H groups in total. The van der Waals surface area contributed by atoms with Gasteiger partial charge in [0.05, 0.1) is 19.7 Å². The fourth-order valence-electron chi connectivity index (χ4n) is 1.54. The molecule has 0 saturated heterocycles. The van der Waals surface area contributed by atoms with Crippen LogP contribution in [0.5, 0.6) is 11.5 Å². The lowest BCUT2D eigenvalue weighted by Gasteiger charge is -2.14. The smallest absolute Gasteiger partial charge is 0.179 e. The van der Waals surface area contributed by atoms with E-state index in [1.54, 1.807) is 6.07 Å². The average Bonchev–Trinajstić information content (AvgIpc) is 2.33. The molecule has 0 bridgehead atoms. The summed E-state index contributed by atoms with van der Waals surface area (Å²) < 4.78 is 33.6. The fourth-order valence-corrected chi connectivity index (χ4v) is 2.57. The molecule has 102 valence electrons. The quantitative estimate of drug-likeness (QED) is 0.630. The van der Waals surface area contributed by atoms with Gasteiger partial charge in [0, 0.05) is 24.4 Å². The first-order valence-electron chi connectivity index (χ1n) is 5.15. The van der Waals surface area contributed by atoms with Gasteiger partial charge in [0.1, 0.15) is 16.4 Å². The lowest BCUT2D eigenvalue weighted by atomic mass is 10.2. The van der Waals surface area contributed by atoms with Crippen molar-refractivity contribution < 1.29 is 17.9 Å². The molecule has 0 aliphatic heterocycles. The number of hydrogen-bond donors (Lipinski definition) is 1. The standard InChI is InChI=1S/C11H16BrNO4S/c1-16-9-5-11(18(3,14)15)10(17-2)4-8(9)6-13-7-12/h4-5,13H,6-7H2,1-3H3. The van der Waals surface area contributed by atoms with Crippen LogP contribution in [-0.2, 0) is 16.4 Å². The third kappa shape index (κ3) is 3.60. The van der Waals surface area contributed by atoms with Crippen LogP contribution in [-0.4, -0.2) is 34.3 Å². The summed E-state index contributed by atoms with van der Waals surface area (Å²) in [7, 11) is -0.402. The van der Waals surface area contributed by atoms with E-state index in [9.17, 15) is 8.42 Å². The van der Waals surface area contributed by atoms with Gasteiger partial charge >= 0.3 is 0 Å². The highest BCUT2D eigenvalue weighted by atomic mass is 79.9. The number of hydrogen-bond acceptors (Lipinski definition) is 5. The Morgan fingerprint density at radius 2 is 1.83 bits per heavy atom. The van der Waals surface area contributed by atoms with Crippen molar-refractivity contribution in [2.75, 3.05) is 25.9 Å². The minimum absolute atomic E-state index is 0.129. The third-order valence-corrected chi connectivity index (χ3v) is 3.89. The molecule has 7 heteroatoms. The van der Waals surface area contributed by atoms with Gasteiger partial charge in [0.2, 0.25) is 0 Å². The molecule has 1 rings (SSSR count). The first kappa shape index (κ1) is 15.3. The second-order valence-electron chi connectivity index (χ2n) is 3.65. The summed E-state index contributed by atoms with van der Waals surface area (Å²) in [5.74, 6) is 0.842. The van der Waals surface area contributed by atoms with Gasteiger partial charge in [-0.3, -0.25) is 0 Å². The largest absolute Gasteiger partial charge is 0.496 e. The molecule has 0 aromatic heterocycles. The van der Waals surface area contributed by atoms with Crippen LogP contribution in [0, 0.1) is 0 Å². The maximum absolute atomic E-state index is 11.6. The zero-order valence-electron chi connectivity index (χ0n) is 10.5. The highest BCUT2D eigenvalue weighted by Crippen LogP contribution is 2.32. The molecule has 5 nitrogen and oxygen atoms in total. The van der Waals surface area contributed by atoms with Gasteiger partial charge in [0.25, 0.3) is 0 Å². The molecule has 18 heavy (non-hydrogen) atoms. The van der Waals surface area contributed by atoms with Gasteiger partial charge < -0.3 is 14.8 Å². The van der Waals surface area contributed by atoms with Crippen LogP contribution in [0.4, 0.5) is 0 Å². The Hall–Kier alpha value is -0.790. The number of alkyl halides is 1. The van der Waals surface area contributed by atoms with E-state index in [2.05, 4.69) is 21.2 Å². The van der Waals surface area contributed by atoms with Crippen molar-refractivity contribution >= 4 is 25.8 Å². The van der Waals surface area contributed by atoms with Crippen molar-refractivity contribution in [2.45, 2.75) is 11.4 Å². The Bertz CT molecular complexity index is 516. The third-order valence-electron chi connectivity index (χ3n) is 2.38. The van der Waals surface area contributed by atoms with E-state index >= 15 is 0 Å². The lowest BCUT2D eigenvalue weighted by Crippen LogP contribution is -2.12. The molecule has 0 aliphatic rings. The van der Waals surface area contributed by atoms with Crippen molar-refractivity contribution in [3.05, 3.63) is 17.7 Å². The summed E-state index contributed by atoms with van der Waals surface area (Å²) in [5.41, 5.74) is 1.47. The average molecular weight is 338 g/mol. The summed E-state index contributed by atoms with van der Waals surface area (Å²) in [6, 6.07) is 3.16. The molecule has 0 fully saturated rings. The topological polar surface area (TPSA) is 64.6 Å². The Kier molecular flexibility index (Phi) is 5.43. The molecule has 0 aliphatic carbocycles. The maximum atomic E-state index is 11.6. The zero-order chi connectivity index (χ0) is 13.8. The van der Waals surface area contributed by atoms with E-state index < -0.39 is 9.84 Å². The molecular weight excluding hydrogens is 322 g/mol. The van der Waals surface area contributed by atoms with Crippen molar-refractivity contribution in [1.82, 2.24) is 5.32 Å². The molecule has 0 saturated carbocycles. The second-order valence-corrected chi connectivity index (χ2v) is 6.19. The van der Waals surface area contributed by atoms with Crippen molar-refractivity contribution in [3.63, 3.8) is 0 Å². The minimum Gasteiger partial charge on any atom is -0.496 e. The Balaban J connectivity index is 3.32. The summed E-state index contributed by atoms with van der Waals surface area (Å²) >= 11 is 3.26. The molecule has 0 amide bonds. The SMILES string of the molecule is COc1cc(S(C)(=O)=O)c(OC)cc1CNCBr. The van der Waals surface area contributed by atoms with Crippen LogP contribution < -0.4 is 14.8 Å². The molecule has 1 aromatic carbocycles. The summed E-state index contributed by atoms with van der Waals surface area (Å²) in [4.78, 5) is 0.129. The fraction of sp³-hybridized carbons (Fsp3) is 0.455. The second kappa shape index (κ2) is 6.40. The summed E-state index contributed by atoms with van der Waals surface area (Å²) in [6.45, 7) is 0.550. The Labute approximate surface area is 116 Å². The zero-order valence-corrected chi connectivity index (χ0v) is 12.9. The monoisotopic (exact) mass is 337 g/mol. The number of ether oxygens (including phenoxy) is 2. The van der Waals surface area contributed by atoms with Crippen molar-refractivity contribution in [2.24, 2.45) is 0 Å². The van der Waals surface area contributed by atoms with Gasteiger partial charge in [-0.1, -0.05) is 15.9 Å². The van der Waals surface area contributed by atoms with Crippen LogP contribution in [0.25, 0.3) is 0 Å². The first-order valence-corrected chi connectivity index (χ1v) is 8.17. The van der Waals surface area contributed by atoms with E-state index in [1.807, 2.05) is 0 Å². The van der Waals surface area contributed by atoms with Crippen LogP contribution in [0.1, 0.15) is 5.56 Å². The highest BCUT2D eigenvalue weighted by molar-refractivity contribution is 9.09. The van der Waals surface area contributed by atoms with Crippen LogP contribution in [0.15, 0.2) is 17.0 Å². The Morgan fingerprint density at radius 1 is 1.22 bits per heavy atom. The Morgan fingerprint density at radius 3 is 2.28 bits per heavy atom. The molecule has 0 spiro atoms. The number of sulfone groups is 1. The molecule has 0 radical (unpaired) electrons. The van der Waals surface area contributed by atoms with Crippen LogP contribution >= 0.6 is 15.9 Å². The van der Waals surface area contributed by atoms with Gasteiger partial charge in [-0.25, -0.2) is 8.42 Å². The van der Waals surface area contributed by atoms with E-state index in [1.165, 1.54) is 20.3 Å². The normalized spacial score (nSPS) is 11.3. The maximum Gasteiger partial charge on any atom is 0.179 e. The molecule has 1 aromatic rings. The van der Waals surface area contributed by atoms with E-state index in [0.717, 1.165) is 11.8 Å². The van der Waals surface area contributed by atoms with Crippen molar-refractivity contribution in [1.29, 1.82) is 0 Å². The number of halogens is 1. The first-order chi connectivity index (χ1) is 8.43. The van der Waals surface area contributed by atoms with Crippen LogP contribution in [0.2, 0.25) is 0 Å². The van der Waals surface area contributed by atoms with E-state index in [4.69, 9.17) is 9.47 Å². The highest BCUT2D eigenvalue weighted by Gasteiger charge is 2.18. The number of nitrogens with one attached hydrogen (secondary N) is 1. The van der Waals surface area contributed by atoms with Gasteiger partial charge in [0.15, 0.2) is 9.84 Å².